The maximum atomic E-state index is 13.2. The van der Waals surface area contributed by atoms with Gasteiger partial charge in [-0.1, -0.05) is 5.16 Å². The Hall–Kier alpha value is -3.39. The molecular formula is C23H23F2N5O. The first-order valence-electron chi connectivity index (χ1n) is 10.0. The van der Waals surface area contributed by atoms with Gasteiger partial charge in [0.05, 0.1) is 17.9 Å². The smallest absolute Gasteiger partial charge is 0.241 e. The standard InChI is InChI=1S/C23H23F2N5O/c1-29(15-22-26-23(28-31-22)17-7-11-19(25)12-8-17)13-3-4-20-14-21(30(2)27-20)16-5-9-18(24)10-6-16/h5-12,14H,3-4,13,15H2,1-2H3. The van der Waals surface area contributed by atoms with Crippen LogP contribution in [0.25, 0.3) is 22.6 Å². The van der Waals surface area contributed by atoms with Crippen molar-refractivity contribution >= 4 is 0 Å². The summed E-state index contributed by atoms with van der Waals surface area (Å²) in [7, 11) is 3.88. The first-order valence-corrected chi connectivity index (χ1v) is 10.0. The minimum atomic E-state index is -0.301. The lowest BCUT2D eigenvalue weighted by molar-refractivity contribution is 0.264. The van der Waals surface area contributed by atoms with Crippen LogP contribution in [0, 0.1) is 11.6 Å². The lowest BCUT2D eigenvalue weighted by atomic mass is 10.1. The Morgan fingerprint density at radius 3 is 2.29 bits per heavy atom. The maximum absolute atomic E-state index is 13.2. The van der Waals surface area contributed by atoms with E-state index in [-0.39, 0.29) is 11.6 Å². The minimum Gasteiger partial charge on any atom is -0.338 e. The van der Waals surface area contributed by atoms with Gasteiger partial charge in [0, 0.05) is 12.6 Å². The average molecular weight is 423 g/mol. The molecule has 2 aromatic heterocycles. The molecule has 31 heavy (non-hydrogen) atoms. The van der Waals surface area contributed by atoms with Gasteiger partial charge in [0.2, 0.25) is 11.7 Å². The first kappa shape index (κ1) is 20.9. The molecule has 6 nitrogen and oxygen atoms in total. The number of nitrogens with zero attached hydrogens (tertiary/aromatic N) is 5. The van der Waals surface area contributed by atoms with Crippen LogP contribution in [-0.4, -0.2) is 38.4 Å². The summed E-state index contributed by atoms with van der Waals surface area (Å²) >= 11 is 0. The van der Waals surface area contributed by atoms with Gasteiger partial charge < -0.3 is 4.52 Å². The van der Waals surface area contributed by atoms with Crippen molar-refractivity contribution in [2.24, 2.45) is 7.05 Å². The first-order chi connectivity index (χ1) is 15.0. The van der Waals surface area contributed by atoms with E-state index in [0.717, 1.165) is 36.3 Å². The molecule has 0 bridgehead atoms. The van der Waals surface area contributed by atoms with Gasteiger partial charge in [0.25, 0.3) is 0 Å². The summed E-state index contributed by atoms with van der Waals surface area (Å²) in [6, 6.07) is 14.5. The third-order valence-corrected chi connectivity index (χ3v) is 5.02. The molecule has 0 aliphatic heterocycles. The molecule has 0 N–H and O–H groups in total. The largest absolute Gasteiger partial charge is 0.338 e. The molecule has 2 heterocycles. The highest BCUT2D eigenvalue weighted by Crippen LogP contribution is 2.21. The Labute approximate surface area is 179 Å². The van der Waals surface area contributed by atoms with E-state index >= 15 is 0 Å². The molecule has 2 aromatic carbocycles. The highest BCUT2D eigenvalue weighted by molar-refractivity contribution is 5.59. The van der Waals surface area contributed by atoms with E-state index in [9.17, 15) is 8.78 Å². The van der Waals surface area contributed by atoms with Crippen molar-refractivity contribution in [2.75, 3.05) is 13.6 Å². The molecule has 0 radical (unpaired) electrons. The number of aryl methyl sites for hydroxylation is 2. The van der Waals surface area contributed by atoms with Gasteiger partial charge in [-0.2, -0.15) is 10.1 Å². The quantitative estimate of drug-likeness (QED) is 0.418. The van der Waals surface area contributed by atoms with Gasteiger partial charge in [-0.05, 0) is 86.6 Å². The molecule has 0 fully saturated rings. The topological polar surface area (TPSA) is 60.0 Å². The van der Waals surface area contributed by atoms with Gasteiger partial charge in [0.1, 0.15) is 11.6 Å². The Kier molecular flexibility index (Phi) is 6.18. The summed E-state index contributed by atoms with van der Waals surface area (Å²) < 4.78 is 33.4. The zero-order chi connectivity index (χ0) is 21.8. The Balaban J connectivity index is 1.29. The number of hydrogen-bond donors (Lipinski definition) is 0. The van der Waals surface area contributed by atoms with Crippen LogP contribution in [0.2, 0.25) is 0 Å². The molecule has 0 spiro atoms. The average Bonchev–Trinajstić information content (AvgIpc) is 3.36. The number of halogens is 2. The molecule has 0 aliphatic carbocycles. The Morgan fingerprint density at radius 1 is 0.968 bits per heavy atom. The van der Waals surface area contributed by atoms with Crippen LogP contribution in [0.5, 0.6) is 0 Å². The zero-order valence-corrected chi connectivity index (χ0v) is 17.4. The predicted molar refractivity (Wildman–Crippen MR) is 113 cm³/mol. The van der Waals surface area contributed by atoms with Gasteiger partial charge in [-0.25, -0.2) is 8.78 Å². The predicted octanol–water partition coefficient (Wildman–Crippen LogP) is 4.48. The molecule has 4 aromatic rings. The molecular weight excluding hydrogens is 400 g/mol. The maximum Gasteiger partial charge on any atom is 0.241 e. The third kappa shape index (κ3) is 5.21. The molecule has 4 rings (SSSR count). The van der Waals surface area contributed by atoms with Crippen molar-refractivity contribution in [3.63, 3.8) is 0 Å². The second-order valence-corrected chi connectivity index (χ2v) is 7.51. The summed E-state index contributed by atoms with van der Waals surface area (Å²) in [5, 5.41) is 8.54. The van der Waals surface area contributed by atoms with Crippen LogP contribution in [0.3, 0.4) is 0 Å². The molecule has 0 saturated heterocycles. The fourth-order valence-electron chi connectivity index (χ4n) is 3.41. The van der Waals surface area contributed by atoms with Crippen LogP contribution < -0.4 is 0 Å². The molecule has 0 amide bonds. The SMILES string of the molecule is CN(CCCc1cc(-c2ccc(F)cc2)n(C)n1)Cc1nc(-c2ccc(F)cc2)no1. The van der Waals surface area contributed by atoms with Gasteiger partial charge in [0.15, 0.2) is 0 Å². The van der Waals surface area contributed by atoms with E-state index in [1.165, 1.54) is 24.3 Å². The van der Waals surface area contributed by atoms with Crippen LogP contribution in [0.15, 0.2) is 59.1 Å². The molecule has 0 aliphatic rings. The fraction of sp³-hybridized carbons (Fsp3) is 0.261. The third-order valence-electron chi connectivity index (χ3n) is 5.02. The second kappa shape index (κ2) is 9.18. The molecule has 160 valence electrons. The van der Waals surface area contributed by atoms with Crippen LogP contribution in [0.4, 0.5) is 8.78 Å². The highest BCUT2D eigenvalue weighted by atomic mass is 19.1. The Morgan fingerprint density at radius 2 is 1.61 bits per heavy atom. The number of rotatable bonds is 8. The van der Waals surface area contributed by atoms with E-state index in [0.29, 0.717) is 23.8 Å². The normalized spacial score (nSPS) is 11.4. The molecule has 0 unspecified atom stereocenters. The summed E-state index contributed by atoms with van der Waals surface area (Å²) in [6.45, 7) is 1.36. The van der Waals surface area contributed by atoms with Crippen LogP contribution >= 0.6 is 0 Å². The number of benzene rings is 2. The van der Waals surface area contributed by atoms with E-state index < -0.39 is 0 Å². The van der Waals surface area contributed by atoms with Crippen molar-refractivity contribution in [1.82, 2.24) is 24.8 Å². The van der Waals surface area contributed by atoms with E-state index in [4.69, 9.17) is 4.52 Å². The summed E-state index contributed by atoms with van der Waals surface area (Å²) in [6.07, 6.45) is 1.74. The minimum absolute atomic E-state index is 0.250. The lowest BCUT2D eigenvalue weighted by Crippen LogP contribution is -2.19. The van der Waals surface area contributed by atoms with Crippen molar-refractivity contribution in [3.05, 3.63) is 77.8 Å². The zero-order valence-electron chi connectivity index (χ0n) is 17.4. The number of aromatic nitrogens is 4. The highest BCUT2D eigenvalue weighted by Gasteiger charge is 2.12. The molecule has 8 heteroatoms. The van der Waals surface area contributed by atoms with E-state index in [1.807, 2.05) is 24.8 Å². The Bertz CT molecular complexity index is 1140. The summed E-state index contributed by atoms with van der Waals surface area (Å²) in [5.74, 6) is 0.411. The van der Waals surface area contributed by atoms with Crippen molar-refractivity contribution in [3.8, 4) is 22.6 Å². The number of hydrogen-bond acceptors (Lipinski definition) is 5. The van der Waals surface area contributed by atoms with Crippen molar-refractivity contribution in [2.45, 2.75) is 19.4 Å². The fourth-order valence-corrected chi connectivity index (χ4v) is 3.41. The van der Waals surface area contributed by atoms with Gasteiger partial charge in [-0.15, -0.1) is 0 Å². The van der Waals surface area contributed by atoms with Crippen LogP contribution in [-0.2, 0) is 20.0 Å². The molecule has 0 atom stereocenters. The van der Waals surface area contributed by atoms with Crippen molar-refractivity contribution in [1.29, 1.82) is 0 Å². The van der Waals surface area contributed by atoms with E-state index in [1.54, 1.807) is 24.3 Å². The lowest BCUT2D eigenvalue weighted by Gasteiger charge is -2.13. The van der Waals surface area contributed by atoms with Gasteiger partial charge in [-0.3, -0.25) is 9.58 Å². The summed E-state index contributed by atoms with van der Waals surface area (Å²) in [5.41, 5.74) is 3.61. The van der Waals surface area contributed by atoms with Gasteiger partial charge >= 0.3 is 0 Å². The summed E-state index contributed by atoms with van der Waals surface area (Å²) in [4.78, 5) is 6.49. The van der Waals surface area contributed by atoms with Crippen LogP contribution in [0.1, 0.15) is 18.0 Å². The van der Waals surface area contributed by atoms with E-state index in [2.05, 4.69) is 20.1 Å². The molecule has 0 saturated carbocycles. The second-order valence-electron chi connectivity index (χ2n) is 7.51. The van der Waals surface area contributed by atoms with Crippen molar-refractivity contribution < 1.29 is 13.3 Å². The monoisotopic (exact) mass is 423 g/mol.